The van der Waals surface area contributed by atoms with Gasteiger partial charge in [0.1, 0.15) is 0 Å². The first-order valence-corrected chi connectivity index (χ1v) is 7.60. The van der Waals surface area contributed by atoms with E-state index in [0.717, 1.165) is 5.56 Å². The molecule has 0 amide bonds. The zero-order chi connectivity index (χ0) is 15.2. The minimum absolute atomic E-state index is 0.0140. The summed E-state index contributed by atoms with van der Waals surface area (Å²) in [6, 6.07) is 10.9. The quantitative estimate of drug-likeness (QED) is 0.737. The molecule has 0 saturated heterocycles. The number of benzene rings is 2. The van der Waals surface area contributed by atoms with Crippen molar-refractivity contribution in [2.45, 2.75) is 11.8 Å². The monoisotopic (exact) mass is 305 g/mol. The molecule has 0 atom stereocenters. The Morgan fingerprint density at radius 2 is 1.86 bits per heavy atom. The van der Waals surface area contributed by atoms with Crippen LogP contribution in [0.3, 0.4) is 0 Å². The topological polar surface area (TPSA) is 78.0 Å². The van der Waals surface area contributed by atoms with Crippen LogP contribution in [0.4, 0.5) is 10.1 Å². The zero-order valence-corrected chi connectivity index (χ0v) is 11.9. The molecule has 2 aromatic carbocycles. The first-order valence-electron chi connectivity index (χ1n) is 6.16. The van der Waals surface area contributed by atoms with Gasteiger partial charge < -0.3 is 5.73 Å². The normalized spacial score (nSPS) is 11.9. The van der Waals surface area contributed by atoms with Crippen LogP contribution in [0.5, 0.6) is 0 Å². The van der Waals surface area contributed by atoms with Crippen LogP contribution >= 0.6 is 0 Å². The van der Waals surface area contributed by atoms with E-state index >= 15 is 0 Å². The number of halogens is 1. The van der Waals surface area contributed by atoms with E-state index in [0.29, 0.717) is 4.09 Å². The van der Waals surface area contributed by atoms with Gasteiger partial charge in [0.05, 0.1) is 15.8 Å². The average molecular weight is 305 g/mol. The number of aryl methyl sites for hydroxylation is 1. The van der Waals surface area contributed by atoms with Crippen LogP contribution < -0.4 is 5.73 Å². The Balaban J connectivity index is 2.37. The van der Waals surface area contributed by atoms with Crippen molar-refractivity contribution in [3.8, 4) is 0 Å². The van der Waals surface area contributed by atoms with E-state index in [2.05, 4.69) is 5.10 Å². The van der Waals surface area contributed by atoms with Gasteiger partial charge in [0.15, 0.2) is 0 Å². The fourth-order valence-corrected chi connectivity index (χ4v) is 3.51. The molecule has 1 aromatic heterocycles. The predicted molar refractivity (Wildman–Crippen MR) is 77.9 cm³/mol. The Morgan fingerprint density at radius 1 is 1.19 bits per heavy atom. The molecule has 1 heterocycles. The Kier molecular flexibility index (Phi) is 2.94. The number of nitrogen functional groups attached to an aromatic ring is 1. The van der Waals surface area contributed by atoms with Crippen molar-refractivity contribution in [2.75, 3.05) is 5.73 Å². The molecule has 0 fully saturated rings. The van der Waals surface area contributed by atoms with Crippen molar-refractivity contribution in [3.05, 3.63) is 54.0 Å². The molecule has 7 heteroatoms. The van der Waals surface area contributed by atoms with Gasteiger partial charge in [-0.2, -0.15) is 16.9 Å². The first-order chi connectivity index (χ1) is 9.91. The maximum absolute atomic E-state index is 14.0. The molecule has 3 rings (SSSR count). The Hall–Kier alpha value is -2.41. The van der Waals surface area contributed by atoms with Gasteiger partial charge in [-0.15, -0.1) is 5.10 Å². The summed E-state index contributed by atoms with van der Waals surface area (Å²) in [6.07, 6.45) is 0. The summed E-state index contributed by atoms with van der Waals surface area (Å²) in [4.78, 5) is 0.0366. The second-order valence-electron chi connectivity index (χ2n) is 4.70. The van der Waals surface area contributed by atoms with E-state index < -0.39 is 16.0 Å². The van der Waals surface area contributed by atoms with Gasteiger partial charge >= 0.3 is 0 Å². The molecule has 0 aliphatic carbocycles. The number of nitrogens with two attached hydrogens (primary N) is 1. The Bertz CT molecular complexity index is 934. The Morgan fingerprint density at radius 3 is 2.52 bits per heavy atom. The number of rotatable bonds is 2. The predicted octanol–water partition coefficient (Wildman–Crippen LogP) is 2.30. The lowest BCUT2D eigenvalue weighted by molar-refractivity contribution is 0.556. The number of aromatic nitrogens is 2. The van der Waals surface area contributed by atoms with E-state index in [1.165, 1.54) is 12.1 Å². The summed E-state index contributed by atoms with van der Waals surface area (Å²) in [7, 11) is -3.97. The lowest BCUT2D eigenvalue weighted by Crippen LogP contribution is -2.14. The standard InChI is InChI=1S/C14H12FN3O2S/c1-9-7-11(16)13-12(8-9)18(17-14(13)15)21(19,20)10-5-3-2-4-6-10/h2-8H,16H2,1H3. The van der Waals surface area contributed by atoms with Crippen molar-refractivity contribution in [3.63, 3.8) is 0 Å². The number of fused-ring (bicyclic) bond motifs is 1. The molecule has 108 valence electrons. The highest BCUT2D eigenvalue weighted by Gasteiger charge is 2.24. The molecule has 0 aliphatic rings. The van der Waals surface area contributed by atoms with Crippen LogP contribution in [0.25, 0.3) is 10.9 Å². The molecular formula is C14H12FN3O2S. The number of hydrogen-bond acceptors (Lipinski definition) is 4. The van der Waals surface area contributed by atoms with Crippen LogP contribution in [0, 0.1) is 12.9 Å². The van der Waals surface area contributed by atoms with Gasteiger partial charge in [0.2, 0.25) is 5.95 Å². The third-order valence-corrected chi connectivity index (χ3v) is 4.75. The molecule has 0 radical (unpaired) electrons. The number of nitrogens with zero attached hydrogens (tertiary/aromatic N) is 2. The second kappa shape index (κ2) is 4.56. The minimum Gasteiger partial charge on any atom is -0.398 e. The average Bonchev–Trinajstić information content (AvgIpc) is 2.77. The van der Waals surface area contributed by atoms with Gasteiger partial charge in [-0.3, -0.25) is 0 Å². The maximum Gasteiger partial charge on any atom is 0.283 e. The largest absolute Gasteiger partial charge is 0.398 e. The molecule has 0 saturated carbocycles. The van der Waals surface area contributed by atoms with Crippen LogP contribution in [-0.4, -0.2) is 17.6 Å². The van der Waals surface area contributed by atoms with E-state index in [-0.39, 0.29) is 21.5 Å². The molecule has 0 bridgehead atoms. The van der Waals surface area contributed by atoms with Crippen molar-refractivity contribution >= 4 is 26.6 Å². The third-order valence-electron chi connectivity index (χ3n) is 3.15. The molecular weight excluding hydrogens is 293 g/mol. The zero-order valence-electron chi connectivity index (χ0n) is 11.1. The van der Waals surface area contributed by atoms with Gasteiger partial charge in [0, 0.05) is 5.69 Å². The highest BCUT2D eigenvalue weighted by molar-refractivity contribution is 7.90. The van der Waals surface area contributed by atoms with Crippen molar-refractivity contribution in [1.29, 1.82) is 0 Å². The van der Waals surface area contributed by atoms with E-state index in [1.807, 2.05) is 0 Å². The molecule has 21 heavy (non-hydrogen) atoms. The lowest BCUT2D eigenvalue weighted by atomic mass is 10.1. The molecule has 0 spiro atoms. The third kappa shape index (κ3) is 2.06. The van der Waals surface area contributed by atoms with E-state index in [9.17, 15) is 12.8 Å². The number of hydrogen-bond donors (Lipinski definition) is 1. The van der Waals surface area contributed by atoms with E-state index in [1.54, 1.807) is 37.3 Å². The number of anilines is 1. The fourth-order valence-electron chi connectivity index (χ4n) is 2.23. The SMILES string of the molecule is Cc1cc(N)c2c(F)nn(S(=O)(=O)c3ccccc3)c2c1. The maximum atomic E-state index is 14.0. The van der Waals surface area contributed by atoms with E-state index in [4.69, 9.17) is 5.73 Å². The van der Waals surface area contributed by atoms with Crippen molar-refractivity contribution in [1.82, 2.24) is 9.19 Å². The van der Waals surface area contributed by atoms with Crippen LogP contribution in [0.2, 0.25) is 0 Å². The summed E-state index contributed by atoms with van der Waals surface area (Å²) < 4.78 is 39.8. The van der Waals surface area contributed by atoms with Crippen LogP contribution in [-0.2, 0) is 10.0 Å². The molecule has 0 aliphatic heterocycles. The van der Waals surface area contributed by atoms with Crippen LogP contribution in [0.15, 0.2) is 47.4 Å². The molecule has 0 unspecified atom stereocenters. The van der Waals surface area contributed by atoms with Gasteiger partial charge in [0.25, 0.3) is 10.0 Å². The molecule has 3 aromatic rings. The summed E-state index contributed by atoms with van der Waals surface area (Å²) in [6.45, 7) is 1.75. The van der Waals surface area contributed by atoms with Crippen LogP contribution in [0.1, 0.15) is 5.56 Å². The summed E-state index contributed by atoms with van der Waals surface area (Å²) in [5.74, 6) is -0.901. The minimum atomic E-state index is -3.97. The molecule has 2 N–H and O–H groups in total. The highest BCUT2D eigenvalue weighted by Crippen LogP contribution is 2.28. The first kappa shape index (κ1) is 13.6. The Labute approximate surface area is 120 Å². The highest BCUT2D eigenvalue weighted by atomic mass is 32.2. The smallest absolute Gasteiger partial charge is 0.283 e. The lowest BCUT2D eigenvalue weighted by Gasteiger charge is -2.06. The molecule has 5 nitrogen and oxygen atoms in total. The summed E-state index contributed by atoms with van der Waals surface area (Å²) in [5.41, 5.74) is 6.79. The van der Waals surface area contributed by atoms with Gasteiger partial charge in [-0.05, 0) is 36.8 Å². The van der Waals surface area contributed by atoms with Gasteiger partial charge in [-0.25, -0.2) is 0 Å². The van der Waals surface area contributed by atoms with Crippen molar-refractivity contribution < 1.29 is 12.8 Å². The van der Waals surface area contributed by atoms with Gasteiger partial charge in [-0.1, -0.05) is 18.2 Å². The second-order valence-corrected chi connectivity index (χ2v) is 6.47. The fraction of sp³-hybridized carbons (Fsp3) is 0.0714. The summed E-state index contributed by atoms with van der Waals surface area (Å²) >= 11 is 0. The summed E-state index contributed by atoms with van der Waals surface area (Å²) in [5, 5.41) is 3.54. The van der Waals surface area contributed by atoms with Crippen molar-refractivity contribution in [2.24, 2.45) is 0 Å².